The maximum atomic E-state index is 11.8. The fraction of sp³-hybridized carbons (Fsp3) is 0.455. The first-order valence-electron chi connectivity index (χ1n) is 5.42. The Hall–Kier alpha value is -0.750. The van der Waals surface area contributed by atoms with Crippen LogP contribution < -0.4 is 10.5 Å². The molecule has 0 aliphatic carbocycles. The Labute approximate surface area is 111 Å². The van der Waals surface area contributed by atoms with Gasteiger partial charge in [0.05, 0.1) is 17.1 Å². The number of sulfonamides is 1. The van der Waals surface area contributed by atoms with Gasteiger partial charge in [-0.25, -0.2) is 8.42 Å². The molecule has 17 heavy (non-hydrogen) atoms. The monoisotopic (exact) mass is 320 g/mol. The van der Waals surface area contributed by atoms with Crippen molar-refractivity contribution in [2.75, 3.05) is 16.2 Å². The summed E-state index contributed by atoms with van der Waals surface area (Å²) in [5, 5.41) is 0. The van der Waals surface area contributed by atoms with Crippen LogP contribution in [0.25, 0.3) is 0 Å². The summed E-state index contributed by atoms with van der Waals surface area (Å²) < 4.78 is 26.9. The zero-order chi connectivity index (χ0) is 13.1. The molecule has 0 spiro atoms. The molecule has 0 saturated carbocycles. The number of unbranched alkanes of at least 4 members (excludes halogenated alkanes) is 1. The Kier molecular flexibility index (Phi) is 4.82. The van der Waals surface area contributed by atoms with E-state index in [1.165, 1.54) is 0 Å². The molecule has 3 N–H and O–H groups in total. The van der Waals surface area contributed by atoms with Gasteiger partial charge in [0, 0.05) is 4.47 Å². The van der Waals surface area contributed by atoms with Gasteiger partial charge in [0.25, 0.3) is 0 Å². The molecule has 0 fully saturated rings. The number of halogens is 1. The van der Waals surface area contributed by atoms with E-state index in [2.05, 4.69) is 20.7 Å². The van der Waals surface area contributed by atoms with E-state index >= 15 is 0 Å². The predicted octanol–water partition coefficient (Wildman–Crippen LogP) is 2.88. The highest BCUT2D eigenvalue weighted by atomic mass is 79.9. The Balaban J connectivity index is 2.96. The van der Waals surface area contributed by atoms with Crippen molar-refractivity contribution >= 4 is 37.3 Å². The summed E-state index contributed by atoms with van der Waals surface area (Å²) in [6.45, 7) is 3.77. The van der Waals surface area contributed by atoms with Crippen LogP contribution in [0, 0.1) is 6.92 Å². The zero-order valence-electron chi connectivity index (χ0n) is 9.96. The number of hydrogen-bond acceptors (Lipinski definition) is 3. The van der Waals surface area contributed by atoms with E-state index < -0.39 is 10.0 Å². The van der Waals surface area contributed by atoms with Gasteiger partial charge < -0.3 is 5.73 Å². The molecule has 0 saturated heterocycles. The summed E-state index contributed by atoms with van der Waals surface area (Å²) in [6, 6.07) is 3.51. The van der Waals surface area contributed by atoms with E-state index in [9.17, 15) is 8.42 Å². The molecule has 1 aromatic carbocycles. The molecule has 96 valence electrons. The molecule has 6 heteroatoms. The van der Waals surface area contributed by atoms with Crippen molar-refractivity contribution in [1.82, 2.24) is 0 Å². The molecule has 1 aromatic rings. The molecule has 0 heterocycles. The van der Waals surface area contributed by atoms with Crippen molar-refractivity contribution in [2.24, 2.45) is 0 Å². The average Bonchev–Trinajstić information content (AvgIpc) is 2.21. The Morgan fingerprint density at radius 1 is 1.41 bits per heavy atom. The van der Waals surface area contributed by atoms with Crippen molar-refractivity contribution in [3.8, 4) is 0 Å². The fourth-order valence-corrected chi connectivity index (χ4v) is 3.40. The van der Waals surface area contributed by atoms with Crippen LogP contribution in [-0.2, 0) is 10.0 Å². The van der Waals surface area contributed by atoms with E-state index in [0.717, 1.165) is 16.5 Å². The lowest BCUT2D eigenvalue weighted by Gasteiger charge is -2.13. The third kappa shape index (κ3) is 4.20. The number of aryl methyl sites for hydroxylation is 1. The standard InChI is InChI=1S/C11H17BrN2O2S/c1-3-4-5-17(15,16)14-11-8(2)6-9(12)7-10(11)13/h6-7,14H,3-5,13H2,1-2H3. The third-order valence-electron chi connectivity index (χ3n) is 2.35. The molecule has 4 nitrogen and oxygen atoms in total. The maximum absolute atomic E-state index is 11.8. The summed E-state index contributed by atoms with van der Waals surface area (Å²) in [5.41, 5.74) is 7.51. The van der Waals surface area contributed by atoms with Crippen molar-refractivity contribution in [2.45, 2.75) is 26.7 Å². The Bertz CT molecular complexity index is 477. The van der Waals surface area contributed by atoms with Crippen LogP contribution >= 0.6 is 15.9 Å². The minimum absolute atomic E-state index is 0.123. The van der Waals surface area contributed by atoms with E-state index in [0.29, 0.717) is 17.8 Å². The van der Waals surface area contributed by atoms with Crippen molar-refractivity contribution < 1.29 is 8.42 Å². The second-order valence-electron chi connectivity index (χ2n) is 3.96. The molecular weight excluding hydrogens is 304 g/mol. The smallest absolute Gasteiger partial charge is 0.232 e. The zero-order valence-corrected chi connectivity index (χ0v) is 12.4. The van der Waals surface area contributed by atoms with Crippen LogP contribution in [0.4, 0.5) is 11.4 Å². The highest BCUT2D eigenvalue weighted by Gasteiger charge is 2.13. The minimum Gasteiger partial charge on any atom is -0.397 e. The molecule has 0 amide bonds. The van der Waals surface area contributed by atoms with Gasteiger partial charge in [-0.3, -0.25) is 4.72 Å². The molecule has 0 radical (unpaired) electrons. The van der Waals surface area contributed by atoms with Gasteiger partial charge in [-0.15, -0.1) is 0 Å². The average molecular weight is 321 g/mol. The molecule has 0 aliphatic heterocycles. The van der Waals surface area contributed by atoms with Crippen LogP contribution in [0.15, 0.2) is 16.6 Å². The SMILES string of the molecule is CCCCS(=O)(=O)Nc1c(C)cc(Br)cc1N. The van der Waals surface area contributed by atoms with Crippen LogP contribution in [0.1, 0.15) is 25.3 Å². The number of hydrogen-bond donors (Lipinski definition) is 2. The topological polar surface area (TPSA) is 72.2 Å². The first-order valence-corrected chi connectivity index (χ1v) is 7.86. The second kappa shape index (κ2) is 5.73. The van der Waals surface area contributed by atoms with E-state index in [1.807, 2.05) is 19.9 Å². The minimum atomic E-state index is -3.30. The second-order valence-corrected chi connectivity index (χ2v) is 6.72. The molecule has 0 aromatic heterocycles. The molecule has 0 aliphatic rings. The lowest BCUT2D eigenvalue weighted by molar-refractivity contribution is 0.598. The lowest BCUT2D eigenvalue weighted by Crippen LogP contribution is -2.18. The van der Waals surface area contributed by atoms with Crippen LogP contribution in [0.5, 0.6) is 0 Å². The number of nitrogens with two attached hydrogens (primary N) is 1. The van der Waals surface area contributed by atoms with Crippen LogP contribution in [0.3, 0.4) is 0 Å². The maximum Gasteiger partial charge on any atom is 0.232 e. The summed E-state index contributed by atoms with van der Waals surface area (Å²) in [4.78, 5) is 0. The number of nitrogens with one attached hydrogen (secondary N) is 1. The molecule has 0 atom stereocenters. The number of benzene rings is 1. The summed E-state index contributed by atoms with van der Waals surface area (Å²) in [7, 11) is -3.30. The largest absolute Gasteiger partial charge is 0.397 e. The van der Waals surface area contributed by atoms with E-state index in [1.54, 1.807) is 6.07 Å². The quantitative estimate of drug-likeness (QED) is 0.819. The molecule has 0 bridgehead atoms. The van der Waals surface area contributed by atoms with Crippen molar-refractivity contribution in [1.29, 1.82) is 0 Å². The van der Waals surface area contributed by atoms with Gasteiger partial charge in [0.2, 0.25) is 10.0 Å². The molecular formula is C11H17BrN2O2S. The van der Waals surface area contributed by atoms with Gasteiger partial charge in [0.1, 0.15) is 0 Å². The summed E-state index contributed by atoms with van der Waals surface area (Å²) in [6.07, 6.45) is 1.49. The number of nitrogen functional groups attached to an aromatic ring is 1. The van der Waals surface area contributed by atoms with Gasteiger partial charge in [-0.05, 0) is 31.0 Å². The van der Waals surface area contributed by atoms with Gasteiger partial charge in [0.15, 0.2) is 0 Å². The van der Waals surface area contributed by atoms with Crippen molar-refractivity contribution in [3.63, 3.8) is 0 Å². The number of rotatable bonds is 5. The third-order valence-corrected chi connectivity index (χ3v) is 4.15. The lowest BCUT2D eigenvalue weighted by atomic mass is 10.2. The first kappa shape index (κ1) is 14.3. The van der Waals surface area contributed by atoms with Crippen molar-refractivity contribution in [3.05, 3.63) is 22.2 Å². The van der Waals surface area contributed by atoms with Gasteiger partial charge in [-0.2, -0.15) is 0 Å². The highest BCUT2D eigenvalue weighted by molar-refractivity contribution is 9.10. The van der Waals surface area contributed by atoms with Gasteiger partial charge >= 0.3 is 0 Å². The molecule has 1 rings (SSSR count). The normalized spacial score (nSPS) is 11.5. The Morgan fingerprint density at radius 2 is 2.06 bits per heavy atom. The molecule has 0 unspecified atom stereocenters. The predicted molar refractivity (Wildman–Crippen MR) is 75.6 cm³/mol. The number of anilines is 2. The van der Waals surface area contributed by atoms with Crippen LogP contribution in [-0.4, -0.2) is 14.2 Å². The fourth-order valence-electron chi connectivity index (χ4n) is 1.45. The van der Waals surface area contributed by atoms with E-state index in [4.69, 9.17) is 5.73 Å². The van der Waals surface area contributed by atoms with E-state index in [-0.39, 0.29) is 5.75 Å². The first-order chi connectivity index (χ1) is 7.85. The Morgan fingerprint density at radius 3 is 2.59 bits per heavy atom. The summed E-state index contributed by atoms with van der Waals surface area (Å²) in [5.74, 6) is 0.123. The van der Waals surface area contributed by atoms with Gasteiger partial charge in [-0.1, -0.05) is 29.3 Å². The van der Waals surface area contributed by atoms with Crippen LogP contribution in [0.2, 0.25) is 0 Å². The highest BCUT2D eigenvalue weighted by Crippen LogP contribution is 2.28. The summed E-state index contributed by atoms with van der Waals surface area (Å²) >= 11 is 3.31.